The van der Waals surface area contributed by atoms with Crippen LogP contribution >= 0.6 is 0 Å². The predicted molar refractivity (Wildman–Crippen MR) is 68.3 cm³/mol. The Morgan fingerprint density at radius 2 is 2.33 bits per heavy atom. The SMILES string of the molecule is OCCC1CCCN(c2ncnc3nc[nH]c23)C1. The largest absolute Gasteiger partial charge is 0.396 e. The van der Waals surface area contributed by atoms with Crippen LogP contribution in [0.5, 0.6) is 0 Å². The number of rotatable bonds is 3. The highest BCUT2D eigenvalue weighted by Crippen LogP contribution is 2.26. The van der Waals surface area contributed by atoms with Crippen LogP contribution in [0, 0.1) is 5.92 Å². The van der Waals surface area contributed by atoms with Crippen molar-refractivity contribution in [2.24, 2.45) is 5.92 Å². The highest BCUT2D eigenvalue weighted by Gasteiger charge is 2.22. The number of nitrogens with zero attached hydrogens (tertiary/aromatic N) is 4. The summed E-state index contributed by atoms with van der Waals surface area (Å²) in [7, 11) is 0. The lowest BCUT2D eigenvalue weighted by atomic mass is 9.95. The first kappa shape index (κ1) is 11.4. The smallest absolute Gasteiger partial charge is 0.182 e. The van der Waals surface area contributed by atoms with E-state index in [2.05, 4.69) is 24.8 Å². The Bertz CT molecular complexity index is 524. The van der Waals surface area contributed by atoms with Crippen molar-refractivity contribution < 1.29 is 5.11 Å². The van der Waals surface area contributed by atoms with E-state index in [4.69, 9.17) is 5.11 Å². The highest BCUT2D eigenvalue weighted by molar-refractivity contribution is 5.82. The fourth-order valence-corrected chi connectivity index (χ4v) is 2.67. The van der Waals surface area contributed by atoms with Gasteiger partial charge in [0.2, 0.25) is 0 Å². The van der Waals surface area contributed by atoms with E-state index in [0.717, 1.165) is 37.3 Å². The average molecular weight is 247 g/mol. The van der Waals surface area contributed by atoms with Crippen LogP contribution in [0.25, 0.3) is 11.2 Å². The van der Waals surface area contributed by atoms with Gasteiger partial charge in [-0.05, 0) is 25.2 Å². The van der Waals surface area contributed by atoms with Gasteiger partial charge < -0.3 is 15.0 Å². The topological polar surface area (TPSA) is 77.9 Å². The number of aliphatic hydroxyl groups excluding tert-OH is 1. The maximum Gasteiger partial charge on any atom is 0.182 e. The minimum absolute atomic E-state index is 0.266. The van der Waals surface area contributed by atoms with Gasteiger partial charge in [0, 0.05) is 19.7 Å². The van der Waals surface area contributed by atoms with Crippen LogP contribution in [0.15, 0.2) is 12.7 Å². The van der Waals surface area contributed by atoms with E-state index >= 15 is 0 Å². The normalized spacial score (nSPS) is 20.5. The van der Waals surface area contributed by atoms with Crippen molar-refractivity contribution >= 4 is 17.0 Å². The summed E-state index contributed by atoms with van der Waals surface area (Å²) >= 11 is 0. The van der Waals surface area contributed by atoms with Gasteiger partial charge in [-0.15, -0.1) is 0 Å². The summed E-state index contributed by atoms with van der Waals surface area (Å²) < 4.78 is 0. The van der Waals surface area contributed by atoms with Crippen molar-refractivity contribution in [1.82, 2.24) is 19.9 Å². The second-order valence-electron chi connectivity index (χ2n) is 4.76. The second kappa shape index (κ2) is 4.89. The number of hydrogen-bond acceptors (Lipinski definition) is 5. The summed E-state index contributed by atoms with van der Waals surface area (Å²) in [5.74, 6) is 1.48. The van der Waals surface area contributed by atoms with Gasteiger partial charge in [0.1, 0.15) is 11.8 Å². The third-order valence-corrected chi connectivity index (χ3v) is 3.56. The molecule has 2 aromatic heterocycles. The van der Waals surface area contributed by atoms with Gasteiger partial charge in [0.15, 0.2) is 11.5 Å². The number of fused-ring (bicyclic) bond motifs is 1. The molecule has 2 aromatic rings. The molecule has 0 spiro atoms. The zero-order valence-corrected chi connectivity index (χ0v) is 10.2. The minimum atomic E-state index is 0.266. The summed E-state index contributed by atoms with van der Waals surface area (Å²) in [5.41, 5.74) is 1.62. The molecular formula is C12H17N5O. The van der Waals surface area contributed by atoms with E-state index < -0.39 is 0 Å². The van der Waals surface area contributed by atoms with E-state index in [-0.39, 0.29) is 6.61 Å². The molecule has 0 aromatic carbocycles. The number of hydrogen-bond donors (Lipinski definition) is 2. The first-order chi connectivity index (χ1) is 8.88. The standard InChI is InChI=1S/C12H17N5O/c18-5-3-9-2-1-4-17(6-9)12-10-11(14-7-13-10)15-8-16-12/h7-9,18H,1-6H2,(H,13,14,15,16). The molecule has 0 aliphatic carbocycles. The first-order valence-corrected chi connectivity index (χ1v) is 6.38. The second-order valence-corrected chi connectivity index (χ2v) is 4.76. The van der Waals surface area contributed by atoms with Crippen LogP contribution in [0.4, 0.5) is 5.82 Å². The van der Waals surface area contributed by atoms with E-state index in [9.17, 15) is 0 Å². The number of aliphatic hydroxyl groups is 1. The molecule has 6 nitrogen and oxygen atoms in total. The number of aromatic nitrogens is 4. The van der Waals surface area contributed by atoms with Crippen LogP contribution < -0.4 is 4.90 Å². The number of H-pyrrole nitrogens is 1. The molecule has 1 saturated heterocycles. The lowest BCUT2D eigenvalue weighted by Gasteiger charge is -2.33. The van der Waals surface area contributed by atoms with Crippen LogP contribution in [-0.4, -0.2) is 44.7 Å². The summed E-state index contributed by atoms with van der Waals surface area (Å²) in [6.45, 7) is 2.22. The van der Waals surface area contributed by atoms with Gasteiger partial charge in [-0.25, -0.2) is 15.0 Å². The predicted octanol–water partition coefficient (Wildman–Crippen LogP) is 0.952. The molecule has 18 heavy (non-hydrogen) atoms. The third kappa shape index (κ3) is 2.03. The quantitative estimate of drug-likeness (QED) is 0.844. The molecule has 6 heteroatoms. The van der Waals surface area contributed by atoms with Crippen molar-refractivity contribution in [2.45, 2.75) is 19.3 Å². The molecular weight excluding hydrogens is 230 g/mol. The van der Waals surface area contributed by atoms with Crippen molar-refractivity contribution in [3.63, 3.8) is 0 Å². The van der Waals surface area contributed by atoms with Gasteiger partial charge in [0.05, 0.1) is 6.33 Å². The Kier molecular flexibility index (Phi) is 3.10. The highest BCUT2D eigenvalue weighted by atomic mass is 16.3. The van der Waals surface area contributed by atoms with Crippen LogP contribution in [0.3, 0.4) is 0 Å². The van der Waals surface area contributed by atoms with Crippen molar-refractivity contribution in [2.75, 3.05) is 24.6 Å². The average Bonchev–Trinajstić information content (AvgIpc) is 2.87. The van der Waals surface area contributed by atoms with E-state index in [1.807, 2.05) is 0 Å². The van der Waals surface area contributed by atoms with Crippen LogP contribution in [0.2, 0.25) is 0 Å². The van der Waals surface area contributed by atoms with Crippen molar-refractivity contribution in [3.8, 4) is 0 Å². The van der Waals surface area contributed by atoms with Gasteiger partial charge in [-0.1, -0.05) is 0 Å². The monoisotopic (exact) mass is 247 g/mol. The van der Waals surface area contributed by atoms with Crippen LogP contribution in [-0.2, 0) is 0 Å². The van der Waals surface area contributed by atoms with Gasteiger partial charge in [0.25, 0.3) is 0 Å². The number of aromatic amines is 1. The van der Waals surface area contributed by atoms with Gasteiger partial charge in [-0.3, -0.25) is 0 Å². The number of anilines is 1. The number of piperidine rings is 1. The van der Waals surface area contributed by atoms with E-state index in [0.29, 0.717) is 11.6 Å². The summed E-state index contributed by atoms with van der Waals surface area (Å²) in [4.78, 5) is 18.0. The van der Waals surface area contributed by atoms with Crippen molar-refractivity contribution in [1.29, 1.82) is 0 Å². The molecule has 1 aliphatic heterocycles. The molecule has 1 fully saturated rings. The fourth-order valence-electron chi connectivity index (χ4n) is 2.67. The molecule has 3 heterocycles. The molecule has 1 atom stereocenters. The molecule has 0 saturated carbocycles. The lowest BCUT2D eigenvalue weighted by Crippen LogP contribution is -2.36. The maximum absolute atomic E-state index is 9.05. The molecule has 96 valence electrons. The Balaban J connectivity index is 1.87. The zero-order valence-electron chi connectivity index (χ0n) is 10.2. The molecule has 0 radical (unpaired) electrons. The summed E-state index contributed by atoms with van der Waals surface area (Å²) in [5, 5.41) is 9.05. The molecule has 3 rings (SSSR count). The third-order valence-electron chi connectivity index (χ3n) is 3.56. The van der Waals surface area contributed by atoms with Gasteiger partial charge >= 0.3 is 0 Å². The molecule has 0 amide bonds. The Labute approximate surface area is 105 Å². The Morgan fingerprint density at radius 1 is 1.39 bits per heavy atom. The molecule has 1 unspecified atom stereocenters. The fraction of sp³-hybridized carbons (Fsp3) is 0.583. The maximum atomic E-state index is 9.05. The molecule has 0 bridgehead atoms. The minimum Gasteiger partial charge on any atom is -0.396 e. The zero-order chi connectivity index (χ0) is 12.4. The molecule has 2 N–H and O–H groups in total. The van der Waals surface area contributed by atoms with Gasteiger partial charge in [-0.2, -0.15) is 0 Å². The first-order valence-electron chi connectivity index (χ1n) is 6.38. The molecule has 1 aliphatic rings. The van der Waals surface area contributed by atoms with Crippen molar-refractivity contribution in [3.05, 3.63) is 12.7 Å². The van der Waals surface area contributed by atoms with E-state index in [1.165, 1.54) is 6.42 Å². The lowest BCUT2D eigenvalue weighted by molar-refractivity contribution is 0.244. The summed E-state index contributed by atoms with van der Waals surface area (Å²) in [6.07, 6.45) is 6.42. The summed E-state index contributed by atoms with van der Waals surface area (Å²) in [6, 6.07) is 0. The van der Waals surface area contributed by atoms with E-state index in [1.54, 1.807) is 12.7 Å². The Hall–Kier alpha value is -1.69. The Morgan fingerprint density at radius 3 is 3.22 bits per heavy atom. The van der Waals surface area contributed by atoms with Crippen LogP contribution in [0.1, 0.15) is 19.3 Å². The number of nitrogens with one attached hydrogen (secondary N) is 1. The number of imidazole rings is 1.